The summed E-state index contributed by atoms with van der Waals surface area (Å²) in [6.07, 6.45) is 0.607. The van der Waals surface area contributed by atoms with E-state index in [4.69, 9.17) is 5.73 Å². The Kier molecular flexibility index (Phi) is 6.89. The molecule has 0 radical (unpaired) electrons. The molecular weight excluding hydrogens is 398 g/mol. The molecule has 0 aliphatic carbocycles. The number of aromatic nitrogens is 3. The number of amides is 2. The molecule has 1 heterocycles. The first kappa shape index (κ1) is 21.6. The van der Waals surface area contributed by atoms with Crippen molar-refractivity contribution in [2.24, 2.45) is 12.8 Å². The molecule has 1 aromatic heterocycles. The molecule has 0 aliphatic rings. The van der Waals surface area contributed by atoms with Crippen LogP contribution >= 0.6 is 11.8 Å². The molecule has 2 amide bonds. The minimum absolute atomic E-state index is 0.137. The summed E-state index contributed by atoms with van der Waals surface area (Å²) in [5.41, 5.74) is 8.97. The number of anilines is 1. The van der Waals surface area contributed by atoms with Crippen molar-refractivity contribution in [2.75, 3.05) is 5.32 Å². The van der Waals surface area contributed by atoms with Gasteiger partial charge in [0.25, 0.3) is 0 Å². The normalized spacial score (nSPS) is 11.8. The highest BCUT2D eigenvalue weighted by atomic mass is 32.2. The number of rotatable bonds is 8. The van der Waals surface area contributed by atoms with Gasteiger partial charge in [0.1, 0.15) is 11.1 Å². The van der Waals surface area contributed by atoms with E-state index < -0.39 is 5.25 Å². The van der Waals surface area contributed by atoms with Crippen molar-refractivity contribution in [3.05, 3.63) is 71.0 Å². The zero-order valence-electron chi connectivity index (χ0n) is 17.3. The number of aryl methyl sites for hydroxylation is 3. The van der Waals surface area contributed by atoms with Gasteiger partial charge in [-0.05, 0) is 36.6 Å². The third kappa shape index (κ3) is 5.27. The first-order chi connectivity index (χ1) is 14.3. The smallest absolute Gasteiger partial charge is 0.242 e. The molecule has 0 aliphatic heterocycles. The quantitative estimate of drug-likeness (QED) is 0.541. The van der Waals surface area contributed by atoms with Crippen LogP contribution in [0, 0.1) is 13.8 Å². The molecule has 3 aromatic rings. The summed E-state index contributed by atoms with van der Waals surface area (Å²) in [6, 6.07) is 15.5. The minimum atomic E-state index is -0.516. The number of carbonyl (C=O) groups excluding carboxylic acids is 2. The largest absolute Gasteiger partial charge is 0.370 e. The van der Waals surface area contributed by atoms with Gasteiger partial charge in [-0.3, -0.25) is 9.59 Å². The lowest BCUT2D eigenvalue weighted by atomic mass is 10.1. The zero-order chi connectivity index (χ0) is 21.7. The number of nitrogens with one attached hydrogen (secondary N) is 1. The van der Waals surface area contributed by atoms with Gasteiger partial charge in [0.05, 0.1) is 0 Å². The number of benzene rings is 2. The van der Waals surface area contributed by atoms with Gasteiger partial charge >= 0.3 is 0 Å². The van der Waals surface area contributed by atoms with E-state index in [1.807, 2.05) is 69.4 Å². The van der Waals surface area contributed by atoms with Gasteiger partial charge in [-0.2, -0.15) is 0 Å². The second-order valence-corrected chi connectivity index (χ2v) is 8.21. The van der Waals surface area contributed by atoms with Crippen LogP contribution < -0.4 is 11.1 Å². The molecule has 0 unspecified atom stereocenters. The summed E-state index contributed by atoms with van der Waals surface area (Å²) in [7, 11) is 1.82. The Labute approximate surface area is 180 Å². The Bertz CT molecular complexity index is 1050. The van der Waals surface area contributed by atoms with Crippen molar-refractivity contribution in [2.45, 2.75) is 37.1 Å². The minimum Gasteiger partial charge on any atom is -0.370 e. The van der Waals surface area contributed by atoms with E-state index >= 15 is 0 Å². The monoisotopic (exact) mass is 423 g/mol. The Morgan fingerprint density at radius 3 is 2.57 bits per heavy atom. The number of primary amides is 1. The van der Waals surface area contributed by atoms with Crippen molar-refractivity contribution in [3.63, 3.8) is 0 Å². The number of nitrogens with two attached hydrogens (primary N) is 1. The summed E-state index contributed by atoms with van der Waals surface area (Å²) < 4.78 is 1.80. The fourth-order valence-corrected chi connectivity index (χ4v) is 4.00. The Hall–Kier alpha value is -3.13. The maximum atomic E-state index is 13.3. The lowest BCUT2D eigenvalue weighted by Crippen LogP contribution is -2.20. The highest BCUT2D eigenvalue weighted by molar-refractivity contribution is 8.00. The van der Waals surface area contributed by atoms with Crippen LogP contribution in [-0.2, 0) is 23.1 Å². The highest BCUT2D eigenvalue weighted by Crippen LogP contribution is 2.35. The second kappa shape index (κ2) is 9.58. The van der Waals surface area contributed by atoms with E-state index in [2.05, 4.69) is 15.5 Å². The summed E-state index contributed by atoms with van der Waals surface area (Å²) >= 11 is 1.32. The summed E-state index contributed by atoms with van der Waals surface area (Å²) in [5, 5.41) is 11.5. The molecule has 1 atom stereocenters. The molecule has 0 bridgehead atoms. The Balaban J connectivity index is 1.86. The van der Waals surface area contributed by atoms with Gasteiger partial charge in [0.15, 0.2) is 5.16 Å². The third-order valence-electron chi connectivity index (χ3n) is 4.73. The molecule has 7 nitrogen and oxygen atoms in total. The fraction of sp³-hybridized carbons (Fsp3) is 0.273. The average molecular weight is 424 g/mol. The first-order valence-corrected chi connectivity index (χ1v) is 10.5. The van der Waals surface area contributed by atoms with E-state index in [0.29, 0.717) is 17.4 Å². The predicted octanol–water partition coefficient (Wildman–Crippen LogP) is 3.32. The Morgan fingerprint density at radius 2 is 1.87 bits per heavy atom. The molecule has 2 aromatic carbocycles. The highest BCUT2D eigenvalue weighted by Gasteiger charge is 2.25. The molecule has 156 valence electrons. The fourth-order valence-electron chi connectivity index (χ4n) is 2.98. The Morgan fingerprint density at radius 1 is 1.13 bits per heavy atom. The van der Waals surface area contributed by atoms with Gasteiger partial charge in [0, 0.05) is 25.6 Å². The van der Waals surface area contributed by atoms with Crippen LogP contribution in [0.5, 0.6) is 0 Å². The van der Waals surface area contributed by atoms with Gasteiger partial charge < -0.3 is 15.6 Å². The average Bonchev–Trinajstić information content (AvgIpc) is 3.07. The van der Waals surface area contributed by atoms with Crippen LogP contribution in [0.1, 0.15) is 34.2 Å². The molecule has 0 spiro atoms. The van der Waals surface area contributed by atoms with Gasteiger partial charge in [0.2, 0.25) is 11.8 Å². The summed E-state index contributed by atoms with van der Waals surface area (Å²) in [4.78, 5) is 24.3. The van der Waals surface area contributed by atoms with E-state index in [1.54, 1.807) is 4.57 Å². The van der Waals surface area contributed by atoms with Crippen LogP contribution in [0.15, 0.2) is 53.7 Å². The van der Waals surface area contributed by atoms with E-state index in [1.165, 1.54) is 11.8 Å². The van der Waals surface area contributed by atoms with Crippen molar-refractivity contribution in [1.29, 1.82) is 0 Å². The maximum absolute atomic E-state index is 13.3. The molecule has 0 saturated heterocycles. The van der Waals surface area contributed by atoms with Crippen molar-refractivity contribution in [3.8, 4) is 0 Å². The van der Waals surface area contributed by atoms with E-state index in [-0.39, 0.29) is 18.2 Å². The molecule has 0 saturated carbocycles. The SMILES string of the molecule is Cc1ccc(C)c(NC(=O)[C@H](Sc2nnc(CCC(N)=O)n2C)c2ccccc2)c1. The van der Waals surface area contributed by atoms with Gasteiger partial charge in [-0.15, -0.1) is 10.2 Å². The summed E-state index contributed by atoms with van der Waals surface area (Å²) in [6.45, 7) is 3.96. The van der Waals surface area contributed by atoms with E-state index in [9.17, 15) is 9.59 Å². The van der Waals surface area contributed by atoms with Crippen molar-refractivity contribution < 1.29 is 9.59 Å². The maximum Gasteiger partial charge on any atom is 0.242 e. The molecule has 0 fully saturated rings. The number of thioether (sulfide) groups is 1. The predicted molar refractivity (Wildman–Crippen MR) is 118 cm³/mol. The first-order valence-electron chi connectivity index (χ1n) is 9.61. The van der Waals surface area contributed by atoms with Crippen molar-refractivity contribution >= 4 is 29.3 Å². The lowest BCUT2D eigenvalue weighted by molar-refractivity contribution is -0.118. The van der Waals surface area contributed by atoms with Crippen molar-refractivity contribution in [1.82, 2.24) is 14.8 Å². The molecule has 8 heteroatoms. The number of nitrogens with zero attached hydrogens (tertiary/aromatic N) is 3. The van der Waals surface area contributed by atoms with Gasteiger partial charge in [-0.25, -0.2) is 0 Å². The number of carbonyl (C=O) groups is 2. The number of hydrogen-bond acceptors (Lipinski definition) is 5. The third-order valence-corrected chi connectivity index (χ3v) is 6.02. The molecular formula is C22H25N5O2S. The van der Waals surface area contributed by atoms with Gasteiger partial charge in [-0.1, -0.05) is 54.2 Å². The lowest BCUT2D eigenvalue weighted by Gasteiger charge is -2.18. The van der Waals surface area contributed by atoms with Crippen LogP contribution in [-0.4, -0.2) is 26.6 Å². The van der Waals surface area contributed by atoms with Crippen LogP contribution in [0.2, 0.25) is 0 Å². The van der Waals surface area contributed by atoms with Crippen LogP contribution in [0.4, 0.5) is 5.69 Å². The number of hydrogen-bond donors (Lipinski definition) is 2. The summed E-state index contributed by atoms with van der Waals surface area (Å²) in [5.74, 6) is 0.127. The second-order valence-electron chi connectivity index (χ2n) is 7.14. The van der Waals surface area contributed by atoms with E-state index in [0.717, 1.165) is 22.4 Å². The topological polar surface area (TPSA) is 103 Å². The standard InChI is InChI=1S/C22H25N5O2S/c1-14-9-10-15(2)17(13-14)24-21(29)20(16-7-5-4-6-8-16)30-22-26-25-19(27(22)3)12-11-18(23)28/h4-10,13,20H,11-12H2,1-3H3,(H2,23,28)(H,24,29)/t20-/m1/s1. The molecule has 3 rings (SSSR count). The van der Waals surface area contributed by atoms with Crippen LogP contribution in [0.3, 0.4) is 0 Å². The molecule has 3 N–H and O–H groups in total. The molecule has 30 heavy (non-hydrogen) atoms. The zero-order valence-corrected chi connectivity index (χ0v) is 18.1. The van der Waals surface area contributed by atoms with Crippen LogP contribution in [0.25, 0.3) is 0 Å².